The second-order valence-electron chi connectivity index (χ2n) is 6.14. The number of anilines is 2. The second kappa shape index (κ2) is 8.26. The lowest BCUT2D eigenvalue weighted by Crippen LogP contribution is -2.02. The van der Waals surface area contributed by atoms with Crippen LogP contribution in [0.5, 0.6) is 0 Å². The Balaban J connectivity index is 1.61. The van der Waals surface area contributed by atoms with Crippen LogP contribution in [-0.2, 0) is 0 Å². The summed E-state index contributed by atoms with van der Waals surface area (Å²) < 4.78 is 1.80. The molecule has 0 saturated heterocycles. The smallest absolute Gasteiger partial charge is 0.168 e. The van der Waals surface area contributed by atoms with Crippen molar-refractivity contribution in [3.8, 4) is 5.69 Å². The Kier molecular flexibility index (Phi) is 5.19. The van der Waals surface area contributed by atoms with E-state index in [2.05, 4.69) is 48.9 Å². The first kappa shape index (κ1) is 17.6. The fourth-order valence-electron chi connectivity index (χ4n) is 2.76. The van der Waals surface area contributed by atoms with Gasteiger partial charge in [0, 0.05) is 24.6 Å². The normalized spacial score (nSPS) is 11.2. The molecule has 8 heteroatoms. The predicted molar refractivity (Wildman–Crippen MR) is 111 cm³/mol. The molecular formula is C20H20N8. The minimum Gasteiger partial charge on any atom is -0.385 e. The van der Waals surface area contributed by atoms with Gasteiger partial charge >= 0.3 is 0 Å². The van der Waals surface area contributed by atoms with E-state index in [9.17, 15) is 0 Å². The lowest BCUT2D eigenvalue weighted by atomic mass is 10.2. The van der Waals surface area contributed by atoms with E-state index < -0.39 is 0 Å². The maximum atomic E-state index is 4.50. The molecule has 140 valence electrons. The van der Waals surface area contributed by atoms with Gasteiger partial charge in [0.2, 0.25) is 0 Å². The van der Waals surface area contributed by atoms with Crippen LogP contribution < -0.4 is 10.7 Å². The van der Waals surface area contributed by atoms with Gasteiger partial charge in [-0.3, -0.25) is 10.4 Å². The molecule has 0 aliphatic heterocycles. The quantitative estimate of drug-likeness (QED) is 0.381. The molecule has 0 unspecified atom stereocenters. The summed E-state index contributed by atoms with van der Waals surface area (Å²) >= 11 is 0. The first-order valence-corrected chi connectivity index (χ1v) is 9.07. The molecule has 2 N–H and O–H groups in total. The molecule has 4 aromatic rings. The third kappa shape index (κ3) is 3.80. The number of hydrogen-bond acceptors (Lipinski definition) is 7. The van der Waals surface area contributed by atoms with Crippen molar-refractivity contribution in [1.82, 2.24) is 24.7 Å². The Morgan fingerprint density at radius 3 is 2.89 bits per heavy atom. The second-order valence-corrected chi connectivity index (χ2v) is 6.14. The first-order valence-electron chi connectivity index (χ1n) is 9.07. The molecule has 4 rings (SSSR count). The van der Waals surface area contributed by atoms with Crippen molar-refractivity contribution in [2.45, 2.75) is 13.3 Å². The number of nitrogens with zero attached hydrogens (tertiary/aromatic N) is 6. The maximum Gasteiger partial charge on any atom is 0.168 e. The maximum absolute atomic E-state index is 4.50. The van der Waals surface area contributed by atoms with E-state index in [1.807, 2.05) is 30.3 Å². The van der Waals surface area contributed by atoms with Gasteiger partial charge in [-0.1, -0.05) is 13.0 Å². The number of rotatable bonds is 7. The molecule has 0 fully saturated rings. The Morgan fingerprint density at radius 1 is 1.14 bits per heavy atom. The van der Waals surface area contributed by atoms with Crippen molar-refractivity contribution in [1.29, 1.82) is 0 Å². The molecule has 0 bridgehead atoms. The van der Waals surface area contributed by atoms with Gasteiger partial charge in [-0.25, -0.2) is 14.6 Å². The van der Waals surface area contributed by atoms with Crippen molar-refractivity contribution >= 4 is 28.8 Å². The highest BCUT2D eigenvalue weighted by Crippen LogP contribution is 2.23. The van der Waals surface area contributed by atoms with E-state index in [4.69, 9.17) is 0 Å². The highest BCUT2D eigenvalue weighted by molar-refractivity contribution is 5.88. The van der Waals surface area contributed by atoms with Crippen LogP contribution in [0.3, 0.4) is 0 Å². The number of hydrazone groups is 1. The molecule has 28 heavy (non-hydrogen) atoms. The van der Waals surface area contributed by atoms with Crippen LogP contribution in [0.1, 0.15) is 18.9 Å². The van der Waals surface area contributed by atoms with Crippen LogP contribution in [-0.4, -0.2) is 37.5 Å². The predicted octanol–water partition coefficient (Wildman–Crippen LogP) is 3.48. The number of fused-ring (bicyclic) bond motifs is 1. The van der Waals surface area contributed by atoms with Crippen LogP contribution in [0.2, 0.25) is 0 Å². The first-order chi connectivity index (χ1) is 13.8. The van der Waals surface area contributed by atoms with Gasteiger partial charge in [0.15, 0.2) is 11.5 Å². The van der Waals surface area contributed by atoms with Crippen LogP contribution in [0, 0.1) is 0 Å². The molecule has 0 aliphatic carbocycles. The van der Waals surface area contributed by atoms with Crippen LogP contribution in [0.15, 0.2) is 66.4 Å². The monoisotopic (exact) mass is 372 g/mol. The number of benzene rings is 1. The lowest BCUT2D eigenvalue weighted by Gasteiger charge is -2.08. The van der Waals surface area contributed by atoms with Crippen LogP contribution in [0.25, 0.3) is 16.7 Å². The van der Waals surface area contributed by atoms with Crippen molar-refractivity contribution in [3.63, 3.8) is 0 Å². The number of nitrogens with one attached hydrogen (secondary N) is 2. The molecule has 1 aromatic carbocycles. The Morgan fingerprint density at radius 2 is 2.04 bits per heavy atom. The summed E-state index contributed by atoms with van der Waals surface area (Å²) in [6.45, 7) is 3.06. The molecule has 3 heterocycles. The largest absolute Gasteiger partial charge is 0.385 e. The molecule has 0 atom stereocenters. The Hall–Kier alpha value is -3.81. The van der Waals surface area contributed by atoms with Gasteiger partial charge in [0.25, 0.3) is 0 Å². The lowest BCUT2D eigenvalue weighted by molar-refractivity contribution is 0.894. The number of hydrogen-bond donors (Lipinski definition) is 2. The molecule has 0 spiro atoms. The summed E-state index contributed by atoms with van der Waals surface area (Å²) in [5.41, 5.74) is 6.61. The molecule has 3 aromatic heterocycles. The van der Waals surface area contributed by atoms with E-state index in [1.165, 1.54) is 6.33 Å². The topological polar surface area (TPSA) is 92.9 Å². The van der Waals surface area contributed by atoms with Gasteiger partial charge in [-0.2, -0.15) is 10.2 Å². The summed E-state index contributed by atoms with van der Waals surface area (Å²) in [5, 5.41) is 12.9. The Bertz CT molecular complexity index is 1090. The highest BCUT2D eigenvalue weighted by Gasteiger charge is 2.11. The van der Waals surface area contributed by atoms with E-state index in [1.54, 1.807) is 29.5 Å². The van der Waals surface area contributed by atoms with E-state index in [0.29, 0.717) is 11.5 Å². The van der Waals surface area contributed by atoms with Crippen molar-refractivity contribution in [3.05, 3.63) is 66.9 Å². The fraction of sp³-hybridized carbons (Fsp3) is 0.150. The number of pyridine rings is 1. The van der Waals surface area contributed by atoms with Gasteiger partial charge in [-0.15, -0.1) is 0 Å². The van der Waals surface area contributed by atoms with Crippen LogP contribution in [0.4, 0.5) is 11.5 Å². The summed E-state index contributed by atoms with van der Waals surface area (Å²) in [6.07, 6.45) is 9.46. The SMILES string of the molecule is CCCNc1cccc(-n2ncc3c(N/N=C\c4ccncc4)ncnc32)c1. The molecule has 0 radical (unpaired) electrons. The zero-order chi connectivity index (χ0) is 19.2. The molecule has 0 aliphatic rings. The van der Waals surface area contributed by atoms with Crippen molar-refractivity contribution in [2.24, 2.45) is 5.10 Å². The van der Waals surface area contributed by atoms with E-state index in [0.717, 1.165) is 35.3 Å². The molecular weight excluding hydrogens is 352 g/mol. The summed E-state index contributed by atoms with van der Waals surface area (Å²) in [4.78, 5) is 12.7. The highest BCUT2D eigenvalue weighted by atomic mass is 15.3. The van der Waals surface area contributed by atoms with Crippen LogP contribution >= 0.6 is 0 Å². The third-order valence-electron chi connectivity index (χ3n) is 4.13. The minimum atomic E-state index is 0.599. The molecule has 0 saturated carbocycles. The van der Waals surface area contributed by atoms with E-state index in [-0.39, 0.29) is 0 Å². The Labute approximate surface area is 162 Å². The van der Waals surface area contributed by atoms with Gasteiger partial charge in [0.1, 0.15) is 6.33 Å². The minimum absolute atomic E-state index is 0.599. The van der Waals surface area contributed by atoms with Crippen molar-refractivity contribution in [2.75, 3.05) is 17.3 Å². The fourth-order valence-corrected chi connectivity index (χ4v) is 2.76. The van der Waals surface area contributed by atoms with Gasteiger partial charge in [0.05, 0.1) is 23.5 Å². The van der Waals surface area contributed by atoms with Gasteiger partial charge in [-0.05, 0) is 42.3 Å². The molecule has 0 amide bonds. The average Bonchev–Trinajstić information content (AvgIpc) is 3.18. The average molecular weight is 372 g/mol. The third-order valence-corrected chi connectivity index (χ3v) is 4.13. The zero-order valence-electron chi connectivity index (χ0n) is 15.4. The van der Waals surface area contributed by atoms with Gasteiger partial charge < -0.3 is 5.32 Å². The molecule has 8 nitrogen and oxygen atoms in total. The summed E-state index contributed by atoms with van der Waals surface area (Å²) in [7, 11) is 0. The summed E-state index contributed by atoms with van der Waals surface area (Å²) in [5.74, 6) is 0.599. The van der Waals surface area contributed by atoms with Crippen molar-refractivity contribution < 1.29 is 0 Å². The summed E-state index contributed by atoms with van der Waals surface area (Å²) in [6, 6.07) is 11.8. The standard InChI is InChI=1S/C20H20N8/c1-2-8-22-16-4-3-5-17(11-16)28-20-18(13-26-28)19(23-14-24-20)27-25-12-15-6-9-21-10-7-15/h3-7,9-14,22H,2,8H2,1H3,(H,23,24,27)/b25-12-. The zero-order valence-corrected chi connectivity index (χ0v) is 15.4. The van der Waals surface area contributed by atoms with E-state index >= 15 is 0 Å². The number of aromatic nitrogens is 5.